The van der Waals surface area contributed by atoms with Crippen LogP contribution in [0.4, 0.5) is 0 Å². The highest BCUT2D eigenvalue weighted by Crippen LogP contribution is 2.50. The summed E-state index contributed by atoms with van der Waals surface area (Å²) in [5, 5.41) is 0. The summed E-state index contributed by atoms with van der Waals surface area (Å²) in [5.74, 6) is 1.26. The minimum atomic E-state index is -2.98. The molecule has 0 aliphatic heterocycles. The molecule has 22 heavy (non-hydrogen) atoms. The molecule has 0 aliphatic rings. The number of hydrogen-bond donors (Lipinski definition) is 0. The van der Waals surface area contributed by atoms with E-state index in [0.717, 1.165) is 5.69 Å². The van der Waals surface area contributed by atoms with Gasteiger partial charge in [0.2, 0.25) is 5.88 Å². The fraction of sp³-hybridized carbons (Fsp3) is 0.714. The van der Waals surface area contributed by atoms with E-state index in [2.05, 4.69) is 9.97 Å². The Morgan fingerprint density at radius 2 is 1.86 bits per heavy atom. The van der Waals surface area contributed by atoms with Gasteiger partial charge >= 0.3 is 6.72 Å². The maximum atomic E-state index is 5.78. The lowest BCUT2D eigenvalue weighted by Gasteiger charge is -2.24. The Kier molecular flexibility index (Phi) is 7.86. The van der Waals surface area contributed by atoms with Crippen LogP contribution in [0.1, 0.15) is 52.1 Å². The molecule has 8 heteroatoms. The molecule has 0 fully saturated rings. The van der Waals surface area contributed by atoms with E-state index in [1.807, 2.05) is 34.6 Å². The maximum absolute atomic E-state index is 5.78. The van der Waals surface area contributed by atoms with Gasteiger partial charge in [-0.05, 0) is 27.7 Å². The third-order valence-electron chi connectivity index (χ3n) is 2.54. The first-order valence-electron chi connectivity index (χ1n) is 7.39. The van der Waals surface area contributed by atoms with Crippen molar-refractivity contribution >= 4 is 18.5 Å². The molecule has 0 N–H and O–H groups in total. The Morgan fingerprint density at radius 3 is 2.41 bits per heavy atom. The van der Waals surface area contributed by atoms with Crippen molar-refractivity contribution in [1.29, 1.82) is 0 Å². The molecule has 1 rings (SSSR count). The van der Waals surface area contributed by atoms with Gasteiger partial charge in [0.25, 0.3) is 0 Å². The average molecular weight is 348 g/mol. The molecule has 1 aromatic heterocycles. The van der Waals surface area contributed by atoms with Crippen molar-refractivity contribution in [2.75, 3.05) is 13.2 Å². The summed E-state index contributed by atoms with van der Waals surface area (Å²) in [6, 6.07) is 1.72. The lowest BCUT2D eigenvalue weighted by molar-refractivity contribution is -0.0690. The lowest BCUT2D eigenvalue weighted by Crippen LogP contribution is -2.15. The second-order valence-corrected chi connectivity index (χ2v) is 7.83. The van der Waals surface area contributed by atoms with E-state index in [0.29, 0.717) is 24.9 Å². The van der Waals surface area contributed by atoms with E-state index >= 15 is 0 Å². The van der Waals surface area contributed by atoms with Gasteiger partial charge in [0.1, 0.15) is 5.82 Å². The molecule has 126 valence electrons. The summed E-state index contributed by atoms with van der Waals surface area (Å²) in [6.07, 6.45) is -0.505. The fourth-order valence-electron chi connectivity index (χ4n) is 1.66. The van der Waals surface area contributed by atoms with Crippen LogP contribution in [0.5, 0.6) is 5.88 Å². The molecule has 1 aromatic rings. The van der Waals surface area contributed by atoms with E-state index in [4.69, 9.17) is 30.1 Å². The van der Waals surface area contributed by atoms with E-state index in [1.165, 1.54) is 0 Å². The first-order chi connectivity index (χ1) is 10.3. The summed E-state index contributed by atoms with van der Waals surface area (Å²) in [5.41, 5.74) is 0.810. The van der Waals surface area contributed by atoms with E-state index in [1.54, 1.807) is 13.0 Å². The second-order valence-electron chi connectivity index (χ2n) is 4.95. The molecule has 0 amide bonds. The van der Waals surface area contributed by atoms with Crippen molar-refractivity contribution in [3.63, 3.8) is 0 Å². The van der Waals surface area contributed by atoms with Crippen molar-refractivity contribution in [2.24, 2.45) is 0 Å². The van der Waals surface area contributed by atoms with Crippen molar-refractivity contribution in [3.8, 4) is 5.88 Å². The third-order valence-corrected chi connectivity index (χ3v) is 4.87. The number of aryl methyl sites for hydroxylation is 1. The Bertz CT molecular complexity index is 528. The summed E-state index contributed by atoms with van der Waals surface area (Å²) in [7, 11) is 0. The van der Waals surface area contributed by atoms with E-state index in [-0.39, 0.29) is 5.92 Å². The summed E-state index contributed by atoms with van der Waals surface area (Å²) in [4.78, 5) is 8.76. The first-order valence-corrected chi connectivity index (χ1v) is 9.95. The van der Waals surface area contributed by atoms with Crippen molar-refractivity contribution in [1.82, 2.24) is 9.97 Å². The molecule has 0 spiro atoms. The molecule has 0 bridgehead atoms. The Balaban J connectivity index is 2.97. The predicted octanol–water partition coefficient (Wildman–Crippen LogP) is 3.95. The van der Waals surface area contributed by atoms with Gasteiger partial charge < -0.3 is 9.26 Å². The number of hydrogen-bond acceptors (Lipinski definition) is 7. The standard InChI is InChI=1S/C14H25N2O4PS/c1-7-17-12(6)19-21(22,18-8-2)20-13-9-11(5)15-14(16-13)10(3)4/h9-10,12H,7-8H2,1-6H3. The minimum absolute atomic E-state index is 0.190. The van der Waals surface area contributed by atoms with Gasteiger partial charge in [-0.2, -0.15) is 4.98 Å². The molecule has 0 radical (unpaired) electrons. The van der Waals surface area contributed by atoms with Gasteiger partial charge in [-0.3, -0.25) is 9.05 Å². The smallest absolute Gasteiger partial charge is 0.384 e. The van der Waals surface area contributed by atoms with Gasteiger partial charge in [0.05, 0.1) is 6.61 Å². The normalized spacial score (nSPS) is 15.6. The quantitative estimate of drug-likeness (QED) is 0.494. The van der Waals surface area contributed by atoms with E-state index < -0.39 is 13.0 Å². The monoisotopic (exact) mass is 348 g/mol. The van der Waals surface area contributed by atoms with Crippen molar-refractivity contribution < 1.29 is 18.3 Å². The van der Waals surface area contributed by atoms with Crippen LogP contribution in [0.3, 0.4) is 0 Å². The molecular formula is C14H25N2O4PS. The van der Waals surface area contributed by atoms with Gasteiger partial charge in [0.15, 0.2) is 6.29 Å². The highest BCUT2D eigenvalue weighted by atomic mass is 32.5. The molecule has 6 nitrogen and oxygen atoms in total. The topological polar surface area (TPSA) is 62.7 Å². The molecule has 2 unspecified atom stereocenters. The minimum Gasteiger partial charge on any atom is -0.405 e. The van der Waals surface area contributed by atoms with Crippen LogP contribution >= 0.6 is 6.72 Å². The third kappa shape index (κ3) is 6.26. The Hall–Kier alpha value is -0.590. The molecule has 0 saturated heterocycles. The van der Waals surface area contributed by atoms with Gasteiger partial charge in [0, 0.05) is 36.1 Å². The zero-order valence-corrected chi connectivity index (χ0v) is 15.7. The van der Waals surface area contributed by atoms with Gasteiger partial charge in [-0.25, -0.2) is 4.98 Å². The zero-order chi connectivity index (χ0) is 16.8. The molecule has 0 aliphatic carbocycles. The highest BCUT2D eigenvalue weighted by Gasteiger charge is 2.26. The van der Waals surface area contributed by atoms with Crippen LogP contribution in [0.2, 0.25) is 0 Å². The molecular weight excluding hydrogens is 323 g/mol. The highest BCUT2D eigenvalue weighted by molar-refractivity contribution is 8.07. The summed E-state index contributed by atoms with van der Waals surface area (Å²) < 4.78 is 22.3. The Morgan fingerprint density at radius 1 is 1.18 bits per heavy atom. The van der Waals surface area contributed by atoms with Crippen LogP contribution in [-0.4, -0.2) is 29.5 Å². The molecule has 2 atom stereocenters. The number of rotatable bonds is 9. The number of nitrogens with zero attached hydrogens (tertiary/aromatic N) is 2. The number of ether oxygens (including phenoxy) is 1. The maximum Gasteiger partial charge on any atom is 0.384 e. The van der Waals surface area contributed by atoms with Crippen LogP contribution in [0.25, 0.3) is 0 Å². The summed E-state index contributed by atoms with van der Waals surface area (Å²) in [6.45, 7) is 9.33. The average Bonchev–Trinajstić information content (AvgIpc) is 2.37. The Labute approximate surface area is 137 Å². The van der Waals surface area contributed by atoms with Gasteiger partial charge in [-0.1, -0.05) is 13.8 Å². The van der Waals surface area contributed by atoms with Crippen LogP contribution < -0.4 is 4.52 Å². The summed E-state index contributed by atoms with van der Waals surface area (Å²) >= 11 is 5.43. The van der Waals surface area contributed by atoms with Crippen molar-refractivity contribution in [2.45, 2.75) is 53.8 Å². The van der Waals surface area contributed by atoms with Crippen molar-refractivity contribution in [3.05, 3.63) is 17.6 Å². The fourth-order valence-corrected chi connectivity index (χ4v) is 3.79. The largest absolute Gasteiger partial charge is 0.405 e. The zero-order valence-electron chi connectivity index (χ0n) is 14.0. The molecule has 0 saturated carbocycles. The van der Waals surface area contributed by atoms with Crippen LogP contribution in [0, 0.1) is 6.92 Å². The predicted molar refractivity (Wildman–Crippen MR) is 89.6 cm³/mol. The number of aromatic nitrogens is 2. The SMILES string of the molecule is CCOC(C)OP(=S)(OCC)Oc1cc(C)nc(C(C)C)n1. The molecule has 0 aromatic carbocycles. The van der Waals surface area contributed by atoms with E-state index in [9.17, 15) is 0 Å². The van der Waals surface area contributed by atoms with Gasteiger partial charge in [-0.15, -0.1) is 0 Å². The van der Waals surface area contributed by atoms with Crippen LogP contribution in [0.15, 0.2) is 6.07 Å². The lowest BCUT2D eigenvalue weighted by atomic mass is 10.2. The van der Waals surface area contributed by atoms with Crippen LogP contribution in [-0.2, 0) is 25.6 Å². The first kappa shape index (κ1) is 19.5. The molecule has 1 heterocycles. The second kappa shape index (κ2) is 8.89.